The first-order valence-electron chi connectivity index (χ1n) is 9.84. The second-order valence-corrected chi connectivity index (χ2v) is 7.45. The second-order valence-electron chi connectivity index (χ2n) is 7.45. The quantitative estimate of drug-likeness (QED) is 0.251. The first-order valence-corrected chi connectivity index (χ1v) is 9.84. The van der Waals surface area contributed by atoms with Gasteiger partial charge >= 0.3 is 0 Å². The molecule has 0 saturated heterocycles. The van der Waals surface area contributed by atoms with Crippen molar-refractivity contribution in [1.82, 2.24) is 0 Å². The van der Waals surface area contributed by atoms with Crippen molar-refractivity contribution in [2.45, 2.75) is 19.8 Å². The van der Waals surface area contributed by atoms with Gasteiger partial charge in [0.15, 0.2) is 11.6 Å². The third-order valence-corrected chi connectivity index (χ3v) is 5.16. The standard InChI is InChI=1S/C27H18F4/c1-17-14-25(29)23(26(30)15-17)12-8-19-4-2-18(3-5-19)6-7-20-9-11-22-21(16-20)10-13-24(28)27(22)31/h2-5,9-11,13-16H,8,12H2,1H3. The Morgan fingerprint density at radius 2 is 1.29 bits per heavy atom. The van der Waals surface area contributed by atoms with E-state index in [0.717, 1.165) is 17.2 Å². The van der Waals surface area contributed by atoms with Gasteiger partial charge in [-0.15, -0.1) is 0 Å². The maximum atomic E-state index is 14.0. The third-order valence-electron chi connectivity index (χ3n) is 5.16. The van der Waals surface area contributed by atoms with Gasteiger partial charge in [0.2, 0.25) is 0 Å². The minimum Gasteiger partial charge on any atom is -0.207 e. The van der Waals surface area contributed by atoms with Gasteiger partial charge in [-0.2, -0.15) is 0 Å². The smallest absolute Gasteiger partial charge is 0.166 e. The molecule has 154 valence electrons. The number of hydrogen-bond acceptors (Lipinski definition) is 0. The molecule has 0 aliphatic rings. The Morgan fingerprint density at radius 3 is 2.00 bits per heavy atom. The number of halogens is 4. The Labute approximate surface area is 178 Å². The zero-order valence-electron chi connectivity index (χ0n) is 16.8. The Balaban J connectivity index is 1.47. The van der Waals surface area contributed by atoms with Crippen molar-refractivity contribution in [2.75, 3.05) is 0 Å². The summed E-state index contributed by atoms with van der Waals surface area (Å²) in [4.78, 5) is 0. The van der Waals surface area contributed by atoms with Crippen LogP contribution in [0.5, 0.6) is 0 Å². The van der Waals surface area contributed by atoms with Crippen LogP contribution in [0.25, 0.3) is 10.8 Å². The molecule has 0 aliphatic carbocycles. The molecule has 0 aliphatic heterocycles. The fraction of sp³-hybridized carbons (Fsp3) is 0.111. The van der Waals surface area contributed by atoms with Crippen LogP contribution < -0.4 is 0 Å². The summed E-state index contributed by atoms with van der Waals surface area (Å²) in [6.45, 7) is 1.66. The Kier molecular flexibility index (Phi) is 5.77. The number of fused-ring (bicyclic) bond motifs is 1. The average molecular weight is 418 g/mol. The fourth-order valence-corrected chi connectivity index (χ4v) is 3.48. The molecule has 0 N–H and O–H groups in total. The Morgan fingerprint density at radius 1 is 0.645 bits per heavy atom. The number of aryl methyl sites for hydroxylation is 2. The summed E-state index contributed by atoms with van der Waals surface area (Å²) in [6, 6.07) is 17.6. The Hall–Kier alpha value is -3.58. The molecule has 0 fully saturated rings. The molecular formula is C27H18F4. The van der Waals surface area contributed by atoms with Crippen molar-refractivity contribution >= 4 is 10.8 Å². The molecule has 4 aromatic rings. The summed E-state index contributed by atoms with van der Waals surface area (Å²) in [5.41, 5.74) is 3.08. The molecule has 0 aromatic heterocycles. The molecule has 0 heterocycles. The normalized spacial score (nSPS) is 10.7. The van der Waals surface area contributed by atoms with E-state index >= 15 is 0 Å². The van der Waals surface area contributed by atoms with Crippen molar-refractivity contribution < 1.29 is 17.6 Å². The van der Waals surface area contributed by atoms with Crippen LogP contribution in [0.4, 0.5) is 17.6 Å². The molecule has 4 heteroatoms. The van der Waals surface area contributed by atoms with Crippen molar-refractivity contribution in [3.8, 4) is 11.8 Å². The van der Waals surface area contributed by atoms with E-state index in [1.165, 1.54) is 24.3 Å². The van der Waals surface area contributed by atoms with Crippen LogP contribution in [-0.2, 0) is 12.8 Å². The highest BCUT2D eigenvalue weighted by Gasteiger charge is 2.10. The van der Waals surface area contributed by atoms with E-state index in [1.807, 2.05) is 24.3 Å². The predicted octanol–water partition coefficient (Wildman–Crippen LogP) is 6.89. The highest BCUT2D eigenvalue weighted by molar-refractivity contribution is 5.84. The summed E-state index contributed by atoms with van der Waals surface area (Å²) >= 11 is 0. The minimum absolute atomic E-state index is 0.0992. The molecule has 0 nitrogen and oxygen atoms in total. The first kappa shape index (κ1) is 20.7. The van der Waals surface area contributed by atoms with Gasteiger partial charge in [-0.05, 0) is 78.7 Å². The van der Waals surface area contributed by atoms with Gasteiger partial charge in [-0.25, -0.2) is 17.6 Å². The van der Waals surface area contributed by atoms with Crippen molar-refractivity contribution in [1.29, 1.82) is 0 Å². The molecule has 0 saturated carbocycles. The van der Waals surface area contributed by atoms with Crippen LogP contribution in [0.15, 0.2) is 66.7 Å². The van der Waals surface area contributed by atoms with Gasteiger partial charge < -0.3 is 0 Å². The topological polar surface area (TPSA) is 0 Å². The van der Waals surface area contributed by atoms with E-state index in [0.29, 0.717) is 22.9 Å². The lowest BCUT2D eigenvalue weighted by molar-refractivity contribution is 0.517. The molecule has 31 heavy (non-hydrogen) atoms. The predicted molar refractivity (Wildman–Crippen MR) is 115 cm³/mol. The largest absolute Gasteiger partial charge is 0.207 e. The van der Waals surface area contributed by atoms with Gasteiger partial charge in [0, 0.05) is 22.1 Å². The zero-order chi connectivity index (χ0) is 22.0. The summed E-state index contributed by atoms with van der Waals surface area (Å²) in [6.07, 6.45) is 0.786. The average Bonchev–Trinajstić information content (AvgIpc) is 2.75. The SMILES string of the molecule is Cc1cc(F)c(CCc2ccc(C#Cc3ccc4c(F)c(F)ccc4c3)cc2)c(F)c1. The molecular weight excluding hydrogens is 400 g/mol. The van der Waals surface area contributed by atoms with Crippen molar-refractivity contribution in [2.24, 2.45) is 0 Å². The van der Waals surface area contributed by atoms with Crippen molar-refractivity contribution in [3.63, 3.8) is 0 Å². The highest BCUT2D eigenvalue weighted by Crippen LogP contribution is 2.21. The van der Waals surface area contributed by atoms with E-state index in [9.17, 15) is 17.6 Å². The highest BCUT2D eigenvalue weighted by atomic mass is 19.2. The fourth-order valence-electron chi connectivity index (χ4n) is 3.48. The third kappa shape index (κ3) is 4.62. The van der Waals surface area contributed by atoms with E-state index in [4.69, 9.17) is 0 Å². The number of rotatable bonds is 3. The van der Waals surface area contributed by atoms with E-state index in [-0.39, 0.29) is 17.4 Å². The lowest BCUT2D eigenvalue weighted by Gasteiger charge is -2.07. The number of hydrogen-bond donors (Lipinski definition) is 0. The van der Waals surface area contributed by atoms with E-state index in [1.54, 1.807) is 19.1 Å². The monoisotopic (exact) mass is 418 g/mol. The molecule has 0 atom stereocenters. The van der Waals surface area contributed by atoms with Crippen molar-refractivity contribution in [3.05, 3.63) is 118 Å². The molecule has 0 amide bonds. The summed E-state index contributed by atoms with van der Waals surface area (Å²) < 4.78 is 55.1. The summed E-state index contributed by atoms with van der Waals surface area (Å²) in [5.74, 6) is 3.29. The van der Waals surface area contributed by atoms with Gasteiger partial charge in [-0.3, -0.25) is 0 Å². The van der Waals surface area contributed by atoms with Crippen LogP contribution in [0.1, 0.15) is 27.8 Å². The Bertz CT molecular complexity index is 1300. The van der Waals surface area contributed by atoms with Crippen LogP contribution in [0.3, 0.4) is 0 Å². The molecule has 4 aromatic carbocycles. The van der Waals surface area contributed by atoms with Crippen LogP contribution in [-0.4, -0.2) is 0 Å². The van der Waals surface area contributed by atoms with Gasteiger partial charge in [0.1, 0.15) is 11.6 Å². The van der Waals surface area contributed by atoms with Crippen LogP contribution in [0.2, 0.25) is 0 Å². The van der Waals surface area contributed by atoms with Gasteiger partial charge in [0.25, 0.3) is 0 Å². The maximum Gasteiger partial charge on any atom is 0.166 e. The summed E-state index contributed by atoms with van der Waals surface area (Å²) in [7, 11) is 0. The first-order chi connectivity index (χ1) is 14.9. The molecule has 4 rings (SSSR count). The molecule has 0 bridgehead atoms. The lowest BCUT2D eigenvalue weighted by atomic mass is 10.0. The zero-order valence-corrected chi connectivity index (χ0v) is 16.8. The molecule has 0 radical (unpaired) electrons. The van der Waals surface area contributed by atoms with E-state index in [2.05, 4.69) is 11.8 Å². The minimum atomic E-state index is -0.876. The molecule has 0 spiro atoms. The van der Waals surface area contributed by atoms with Gasteiger partial charge in [-0.1, -0.05) is 36.1 Å². The summed E-state index contributed by atoms with van der Waals surface area (Å²) in [5, 5.41) is 0.799. The lowest BCUT2D eigenvalue weighted by Crippen LogP contribution is -2.00. The van der Waals surface area contributed by atoms with Gasteiger partial charge in [0.05, 0.1) is 0 Å². The second kappa shape index (κ2) is 8.65. The number of benzene rings is 4. The molecule has 0 unspecified atom stereocenters. The maximum absolute atomic E-state index is 14.0. The van der Waals surface area contributed by atoms with Crippen LogP contribution >= 0.6 is 0 Å². The van der Waals surface area contributed by atoms with E-state index < -0.39 is 23.3 Å². The van der Waals surface area contributed by atoms with Crippen LogP contribution in [0, 0.1) is 42.0 Å².